The standard InChI is InChI=1S/C17H13N5O5.C6H11N/c23-12-6-27-11-2-1-8(3-10(11)22-12)4-19-16(24)15-14-13(20-7-21-15)9(5-18-14)17(25)26;1-2-6-4-3-5(1)7-6/h1-3,5,7,18H,4,6H2,(H,19,24)(H,22,23)(H,25,26);5-7H,1-4H2. The molecule has 34 heavy (non-hydrogen) atoms. The number of carboxylic acids is 1. The summed E-state index contributed by atoms with van der Waals surface area (Å²) in [6, 6.07) is 7.03. The molecule has 1 aromatic carbocycles. The number of hydrogen-bond donors (Lipinski definition) is 5. The lowest BCUT2D eigenvalue weighted by atomic mass is 10.0. The summed E-state index contributed by atoms with van der Waals surface area (Å²) in [5.41, 5.74) is 1.71. The van der Waals surface area contributed by atoms with Crippen molar-refractivity contribution >= 4 is 34.5 Å². The molecular weight excluding hydrogens is 440 g/mol. The van der Waals surface area contributed by atoms with Crippen molar-refractivity contribution in [1.29, 1.82) is 0 Å². The van der Waals surface area contributed by atoms with Crippen LogP contribution in [-0.2, 0) is 11.3 Å². The van der Waals surface area contributed by atoms with Gasteiger partial charge in [-0.2, -0.15) is 0 Å². The highest BCUT2D eigenvalue weighted by Crippen LogP contribution is 2.28. The summed E-state index contributed by atoms with van der Waals surface area (Å²) < 4.78 is 5.29. The van der Waals surface area contributed by atoms with Gasteiger partial charge in [0.2, 0.25) is 0 Å². The van der Waals surface area contributed by atoms with Gasteiger partial charge >= 0.3 is 5.97 Å². The molecule has 2 aromatic heterocycles. The third kappa shape index (κ3) is 4.42. The van der Waals surface area contributed by atoms with Crippen molar-refractivity contribution < 1.29 is 24.2 Å². The number of rotatable bonds is 4. The van der Waals surface area contributed by atoms with Gasteiger partial charge in [-0.3, -0.25) is 9.59 Å². The molecule has 2 saturated heterocycles. The molecule has 0 spiro atoms. The summed E-state index contributed by atoms with van der Waals surface area (Å²) in [5.74, 6) is -1.31. The minimum atomic E-state index is -1.15. The molecule has 3 aliphatic heterocycles. The van der Waals surface area contributed by atoms with E-state index in [-0.39, 0.29) is 41.3 Å². The summed E-state index contributed by atoms with van der Waals surface area (Å²) >= 11 is 0. The van der Waals surface area contributed by atoms with Crippen molar-refractivity contribution in [3.63, 3.8) is 0 Å². The Hall–Kier alpha value is -3.99. The van der Waals surface area contributed by atoms with Gasteiger partial charge in [0.25, 0.3) is 11.8 Å². The average molecular weight is 464 g/mol. The highest BCUT2D eigenvalue weighted by Gasteiger charge is 2.29. The number of anilines is 1. The second-order valence-electron chi connectivity index (χ2n) is 8.52. The predicted molar refractivity (Wildman–Crippen MR) is 122 cm³/mol. The molecule has 5 heterocycles. The Labute approximate surface area is 194 Å². The fourth-order valence-electron chi connectivity index (χ4n) is 4.54. The van der Waals surface area contributed by atoms with Crippen LogP contribution in [0.25, 0.3) is 11.0 Å². The first-order chi connectivity index (χ1) is 16.5. The van der Waals surface area contributed by atoms with Crippen LogP contribution in [0.15, 0.2) is 30.7 Å². The number of fused-ring (bicyclic) bond motifs is 4. The minimum Gasteiger partial charge on any atom is -0.482 e. The van der Waals surface area contributed by atoms with E-state index in [1.165, 1.54) is 31.9 Å². The van der Waals surface area contributed by atoms with Gasteiger partial charge < -0.3 is 30.8 Å². The largest absolute Gasteiger partial charge is 0.482 e. The molecule has 3 aliphatic rings. The smallest absolute Gasteiger partial charge is 0.339 e. The minimum absolute atomic E-state index is 0.0265. The maximum Gasteiger partial charge on any atom is 0.339 e. The molecule has 11 heteroatoms. The summed E-state index contributed by atoms with van der Waals surface area (Å²) in [6.07, 6.45) is 8.21. The van der Waals surface area contributed by atoms with Gasteiger partial charge in [0, 0.05) is 24.8 Å². The van der Waals surface area contributed by atoms with E-state index in [2.05, 4.69) is 30.9 Å². The van der Waals surface area contributed by atoms with Crippen LogP contribution in [0, 0.1) is 0 Å². The second kappa shape index (κ2) is 9.10. The number of aromatic amines is 1. The number of carbonyl (C=O) groups is 3. The summed E-state index contributed by atoms with van der Waals surface area (Å²) in [4.78, 5) is 45.7. The van der Waals surface area contributed by atoms with Crippen molar-refractivity contribution in [1.82, 2.24) is 25.6 Å². The van der Waals surface area contributed by atoms with Gasteiger partial charge in [-0.25, -0.2) is 14.8 Å². The molecule has 5 N–H and O–H groups in total. The molecule has 6 rings (SSSR count). The van der Waals surface area contributed by atoms with E-state index in [1.54, 1.807) is 18.2 Å². The van der Waals surface area contributed by atoms with Crippen molar-refractivity contribution in [3.05, 3.63) is 47.5 Å². The third-order valence-corrected chi connectivity index (χ3v) is 6.24. The number of hydrogen-bond acceptors (Lipinski definition) is 7. The SMILES string of the molecule is C1CC2CCC1N2.O=C1COc2ccc(CNC(=O)c3ncnc4c(C(=O)O)c[nH]c34)cc2N1. The highest BCUT2D eigenvalue weighted by atomic mass is 16.5. The summed E-state index contributed by atoms with van der Waals surface area (Å²) in [7, 11) is 0. The van der Waals surface area contributed by atoms with E-state index in [9.17, 15) is 14.4 Å². The van der Waals surface area contributed by atoms with Crippen molar-refractivity contribution in [2.45, 2.75) is 44.3 Å². The molecule has 0 saturated carbocycles. The Bertz CT molecular complexity index is 1250. The Morgan fingerprint density at radius 1 is 1.15 bits per heavy atom. The molecule has 0 atom stereocenters. The van der Waals surface area contributed by atoms with Crippen LogP contribution in [0.2, 0.25) is 0 Å². The fraction of sp³-hybridized carbons (Fsp3) is 0.348. The maximum atomic E-state index is 12.5. The quantitative estimate of drug-likeness (QED) is 0.391. The molecular formula is C23H24N6O5. The number of H-pyrrole nitrogens is 1. The third-order valence-electron chi connectivity index (χ3n) is 6.24. The number of ether oxygens (including phenoxy) is 1. The van der Waals surface area contributed by atoms with E-state index in [0.717, 1.165) is 24.0 Å². The number of aromatic carboxylic acids is 1. The maximum absolute atomic E-state index is 12.5. The number of amides is 2. The normalized spacial score (nSPS) is 20.1. The fourth-order valence-corrected chi connectivity index (χ4v) is 4.54. The monoisotopic (exact) mass is 464 g/mol. The van der Waals surface area contributed by atoms with Crippen LogP contribution in [-0.4, -0.2) is 56.5 Å². The van der Waals surface area contributed by atoms with Crippen molar-refractivity contribution in [2.75, 3.05) is 11.9 Å². The van der Waals surface area contributed by atoms with Gasteiger partial charge in [-0.05, 0) is 43.4 Å². The van der Waals surface area contributed by atoms with E-state index in [4.69, 9.17) is 9.84 Å². The van der Waals surface area contributed by atoms with Gasteiger partial charge in [-0.15, -0.1) is 0 Å². The molecule has 0 aliphatic carbocycles. The first kappa shape index (κ1) is 21.8. The number of benzene rings is 1. The van der Waals surface area contributed by atoms with Crippen LogP contribution in [0.1, 0.15) is 52.1 Å². The number of nitrogens with one attached hydrogen (secondary N) is 4. The molecule has 2 fully saturated rings. The van der Waals surface area contributed by atoms with E-state index < -0.39 is 11.9 Å². The van der Waals surface area contributed by atoms with E-state index in [1.807, 2.05) is 0 Å². The number of carboxylic acid groups (broad SMARTS) is 1. The molecule has 0 radical (unpaired) electrons. The van der Waals surface area contributed by atoms with Crippen LogP contribution in [0.5, 0.6) is 5.75 Å². The van der Waals surface area contributed by atoms with E-state index >= 15 is 0 Å². The molecule has 2 amide bonds. The number of nitrogens with zero attached hydrogens (tertiary/aromatic N) is 2. The molecule has 0 unspecified atom stereocenters. The first-order valence-corrected chi connectivity index (χ1v) is 11.1. The van der Waals surface area contributed by atoms with E-state index in [0.29, 0.717) is 11.4 Å². The van der Waals surface area contributed by atoms with Gasteiger partial charge in [-0.1, -0.05) is 6.07 Å². The van der Waals surface area contributed by atoms with Crippen LogP contribution < -0.4 is 20.7 Å². The molecule has 176 valence electrons. The molecule has 3 aromatic rings. The summed E-state index contributed by atoms with van der Waals surface area (Å²) in [6.45, 7) is 0.154. The number of carbonyl (C=O) groups excluding carboxylic acids is 2. The lowest BCUT2D eigenvalue weighted by Crippen LogP contribution is -2.26. The van der Waals surface area contributed by atoms with Crippen LogP contribution in [0.4, 0.5) is 5.69 Å². The van der Waals surface area contributed by atoms with Crippen molar-refractivity contribution in [2.24, 2.45) is 0 Å². The first-order valence-electron chi connectivity index (χ1n) is 11.1. The zero-order valence-electron chi connectivity index (χ0n) is 18.3. The Kier molecular flexibility index (Phi) is 5.84. The average Bonchev–Trinajstić information content (AvgIpc) is 3.59. The Morgan fingerprint density at radius 3 is 2.59 bits per heavy atom. The topological polar surface area (TPSA) is 158 Å². The lowest BCUT2D eigenvalue weighted by molar-refractivity contribution is -0.118. The van der Waals surface area contributed by atoms with Gasteiger partial charge in [0.05, 0.1) is 11.2 Å². The molecule has 2 bridgehead atoms. The Morgan fingerprint density at radius 2 is 1.91 bits per heavy atom. The lowest BCUT2D eigenvalue weighted by Gasteiger charge is -2.18. The summed E-state index contributed by atoms with van der Waals surface area (Å²) in [5, 5.41) is 18.1. The second-order valence-corrected chi connectivity index (χ2v) is 8.52. The van der Waals surface area contributed by atoms with Crippen LogP contribution >= 0.6 is 0 Å². The predicted octanol–water partition coefficient (Wildman–Crippen LogP) is 1.82. The van der Waals surface area contributed by atoms with Gasteiger partial charge in [0.15, 0.2) is 12.3 Å². The molecule has 11 nitrogen and oxygen atoms in total. The van der Waals surface area contributed by atoms with Crippen LogP contribution in [0.3, 0.4) is 0 Å². The van der Waals surface area contributed by atoms with Gasteiger partial charge in [0.1, 0.15) is 23.2 Å². The van der Waals surface area contributed by atoms with Crippen molar-refractivity contribution in [3.8, 4) is 5.75 Å². The zero-order valence-corrected chi connectivity index (χ0v) is 18.3. The highest BCUT2D eigenvalue weighted by molar-refractivity contribution is 6.08. The zero-order chi connectivity index (χ0) is 23.7. The number of aromatic nitrogens is 3. The Balaban J connectivity index is 0.000000290.